The molecule has 0 saturated heterocycles. The third kappa shape index (κ3) is 21.9. The minimum absolute atomic E-state index is 0.0198. The molecular formula is C40H68N6O8. The van der Waals surface area contributed by atoms with E-state index >= 15 is 0 Å². The van der Waals surface area contributed by atoms with Crippen molar-refractivity contribution in [2.24, 2.45) is 35.1 Å². The van der Waals surface area contributed by atoms with Gasteiger partial charge in [0.2, 0.25) is 11.8 Å². The molecule has 8 N–H and O–H groups in total. The van der Waals surface area contributed by atoms with Crippen molar-refractivity contribution in [2.45, 2.75) is 138 Å². The number of benzene rings is 1. The van der Waals surface area contributed by atoms with Gasteiger partial charge in [0, 0.05) is 44.7 Å². The normalized spacial score (nSPS) is 13.0. The molecule has 6 amide bonds. The Balaban J connectivity index is 0.00000112. The summed E-state index contributed by atoms with van der Waals surface area (Å²) in [6.07, 6.45) is 5.98. The van der Waals surface area contributed by atoms with Crippen molar-refractivity contribution in [1.29, 1.82) is 0 Å². The number of Topliss-reactive ketones (excluding diaryl/α,β-unsaturated/α-hetero) is 2. The number of hydrogen-bond donors (Lipinski definition) is 6. The maximum absolute atomic E-state index is 13.0. The van der Waals surface area contributed by atoms with Gasteiger partial charge >= 0.3 is 18.0 Å². The van der Waals surface area contributed by atoms with Gasteiger partial charge in [-0.25, -0.2) is 9.59 Å². The molecule has 0 saturated carbocycles. The molecule has 0 bridgehead atoms. The highest BCUT2D eigenvalue weighted by atomic mass is 16.5. The topological polar surface area (TPSA) is 229 Å². The van der Waals surface area contributed by atoms with E-state index in [9.17, 15) is 33.6 Å². The summed E-state index contributed by atoms with van der Waals surface area (Å²) in [5.41, 5.74) is 11.7. The van der Waals surface area contributed by atoms with Crippen LogP contribution in [0.5, 0.6) is 0 Å². The first-order valence-corrected chi connectivity index (χ1v) is 19.4. The number of primary amides is 2. The molecule has 0 fully saturated rings. The van der Waals surface area contributed by atoms with Gasteiger partial charge in [0.1, 0.15) is 6.61 Å². The SMILES string of the molecule is CCC[C@@H](C(=O)N[C@H](CCCNC(N)=O)C(=O)CC)C(C)C.CCC[C@@H](C(=O)N[C@H](CCCNC(N)=O)C(=O)Cc1ccc(COC(C)=O)cc1)C(C)C. The molecule has 54 heavy (non-hydrogen) atoms. The van der Waals surface area contributed by atoms with E-state index in [1.807, 2.05) is 65.8 Å². The summed E-state index contributed by atoms with van der Waals surface area (Å²) >= 11 is 0. The van der Waals surface area contributed by atoms with Gasteiger partial charge in [-0.05, 0) is 61.5 Å². The lowest BCUT2D eigenvalue weighted by Gasteiger charge is -2.24. The minimum Gasteiger partial charge on any atom is -0.461 e. The van der Waals surface area contributed by atoms with Gasteiger partial charge in [-0.2, -0.15) is 0 Å². The van der Waals surface area contributed by atoms with Crippen molar-refractivity contribution in [2.75, 3.05) is 13.1 Å². The number of hydrogen-bond acceptors (Lipinski definition) is 8. The quantitative estimate of drug-likeness (QED) is 0.0596. The Morgan fingerprint density at radius 2 is 1.04 bits per heavy atom. The predicted octanol–water partition coefficient (Wildman–Crippen LogP) is 4.84. The smallest absolute Gasteiger partial charge is 0.312 e. The van der Waals surface area contributed by atoms with E-state index in [1.165, 1.54) is 6.92 Å². The molecule has 0 aliphatic rings. The van der Waals surface area contributed by atoms with E-state index in [2.05, 4.69) is 21.3 Å². The molecule has 0 unspecified atom stereocenters. The lowest BCUT2D eigenvalue weighted by Crippen LogP contribution is -2.45. The van der Waals surface area contributed by atoms with E-state index in [0.29, 0.717) is 45.2 Å². The van der Waals surface area contributed by atoms with Crippen molar-refractivity contribution >= 4 is 41.4 Å². The fourth-order valence-electron chi connectivity index (χ4n) is 5.89. The van der Waals surface area contributed by atoms with Crippen LogP contribution in [0.15, 0.2) is 24.3 Å². The number of nitrogens with two attached hydrogens (primary N) is 2. The number of carbonyl (C=O) groups is 7. The summed E-state index contributed by atoms with van der Waals surface area (Å²) in [4.78, 5) is 82.7. The maximum Gasteiger partial charge on any atom is 0.312 e. The van der Waals surface area contributed by atoms with Crippen LogP contribution in [0.2, 0.25) is 0 Å². The second-order valence-electron chi connectivity index (χ2n) is 14.3. The summed E-state index contributed by atoms with van der Waals surface area (Å²) in [5.74, 6) is -0.389. The Hall–Kier alpha value is -4.49. The number of urea groups is 2. The summed E-state index contributed by atoms with van der Waals surface area (Å²) in [6, 6.07) is 4.94. The predicted molar refractivity (Wildman–Crippen MR) is 210 cm³/mol. The number of rotatable bonds is 25. The number of nitrogens with one attached hydrogen (secondary N) is 4. The fraction of sp³-hybridized carbons (Fsp3) is 0.675. The van der Waals surface area contributed by atoms with Crippen LogP contribution in [-0.2, 0) is 41.7 Å². The van der Waals surface area contributed by atoms with Gasteiger partial charge in [-0.15, -0.1) is 0 Å². The molecule has 0 radical (unpaired) electrons. The zero-order chi connectivity index (χ0) is 41.2. The first-order chi connectivity index (χ1) is 25.5. The number of ketones is 2. The summed E-state index contributed by atoms with van der Waals surface area (Å²) in [7, 11) is 0. The van der Waals surface area contributed by atoms with Gasteiger partial charge in [-0.1, -0.05) is 85.6 Å². The molecule has 0 aliphatic heterocycles. The van der Waals surface area contributed by atoms with Crippen LogP contribution in [0, 0.1) is 23.7 Å². The number of ether oxygens (including phenoxy) is 1. The highest BCUT2D eigenvalue weighted by Crippen LogP contribution is 2.19. The molecule has 0 spiro atoms. The molecule has 14 heteroatoms. The maximum atomic E-state index is 13.0. The fourth-order valence-corrected chi connectivity index (χ4v) is 5.89. The number of amides is 6. The van der Waals surface area contributed by atoms with Gasteiger partial charge < -0.3 is 37.5 Å². The second-order valence-corrected chi connectivity index (χ2v) is 14.3. The Labute approximate surface area is 322 Å². The first-order valence-electron chi connectivity index (χ1n) is 19.4. The second kappa shape index (κ2) is 28.0. The van der Waals surface area contributed by atoms with Crippen LogP contribution in [0.1, 0.15) is 124 Å². The van der Waals surface area contributed by atoms with Gasteiger partial charge in [0.15, 0.2) is 11.6 Å². The van der Waals surface area contributed by atoms with Crippen molar-refractivity contribution in [3.8, 4) is 0 Å². The summed E-state index contributed by atoms with van der Waals surface area (Å²) in [5, 5.41) is 10.8. The van der Waals surface area contributed by atoms with Crippen molar-refractivity contribution in [1.82, 2.24) is 21.3 Å². The van der Waals surface area contributed by atoms with Crippen LogP contribution in [0.25, 0.3) is 0 Å². The standard InChI is InChI=1S/C24H37N3O5.C16H31N3O3/c1-5-7-20(16(2)3)23(30)27-21(8-6-13-26-24(25)31)22(29)14-18-9-11-19(12-10-18)15-32-17(4)28;1-5-8-12(11(3)4)15(21)19-13(14(20)6-2)9-7-10-18-16(17)22/h9-12,16,20-21H,5-8,13-15H2,1-4H3,(H,27,30)(H3,25,26,31);11-13H,5-10H2,1-4H3,(H,19,21)(H3,17,18,22)/t20-,21-;12-,13-/m11/s1. The molecule has 0 aliphatic carbocycles. The van der Waals surface area contributed by atoms with E-state index in [1.54, 1.807) is 6.92 Å². The molecule has 1 aromatic carbocycles. The zero-order valence-corrected chi connectivity index (χ0v) is 33.9. The van der Waals surface area contributed by atoms with E-state index < -0.39 is 24.1 Å². The van der Waals surface area contributed by atoms with Crippen LogP contribution in [0.4, 0.5) is 9.59 Å². The lowest BCUT2D eigenvalue weighted by atomic mass is 9.89. The minimum atomic E-state index is -0.643. The Morgan fingerprint density at radius 1 is 0.630 bits per heavy atom. The van der Waals surface area contributed by atoms with Gasteiger partial charge in [0.25, 0.3) is 0 Å². The van der Waals surface area contributed by atoms with Gasteiger partial charge in [-0.3, -0.25) is 24.0 Å². The molecule has 1 aromatic rings. The van der Waals surface area contributed by atoms with Crippen LogP contribution >= 0.6 is 0 Å². The third-order valence-corrected chi connectivity index (χ3v) is 9.02. The van der Waals surface area contributed by atoms with Crippen molar-refractivity contribution in [3.05, 3.63) is 35.4 Å². The molecule has 0 aromatic heterocycles. The zero-order valence-electron chi connectivity index (χ0n) is 33.9. The number of esters is 1. The number of carbonyl (C=O) groups excluding carboxylic acids is 7. The molecule has 1 rings (SSSR count). The Morgan fingerprint density at radius 3 is 1.39 bits per heavy atom. The van der Waals surface area contributed by atoms with Crippen molar-refractivity contribution < 1.29 is 38.3 Å². The highest BCUT2D eigenvalue weighted by molar-refractivity contribution is 5.91. The van der Waals surface area contributed by atoms with Crippen LogP contribution < -0.4 is 32.7 Å². The van der Waals surface area contributed by atoms with Crippen LogP contribution in [0.3, 0.4) is 0 Å². The Bertz CT molecular complexity index is 1320. The monoisotopic (exact) mass is 761 g/mol. The Kier molecular flexibility index (Phi) is 25.7. The molecule has 14 nitrogen and oxygen atoms in total. The summed E-state index contributed by atoms with van der Waals surface area (Å²) < 4.78 is 4.97. The van der Waals surface area contributed by atoms with Crippen LogP contribution in [-0.4, -0.2) is 66.6 Å². The highest BCUT2D eigenvalue weighted by Gasteiger charge is 2.28. The lowest BCUT2D eigenvalue weighted by molar-refractivity contribution is -0.142. The van der Waals surface area contributed by atoms with Crippen molar-refractivity contribution in [3.63, 3.8) is 0 Å². The average Bonchev–Trinajstić information content (AvgIpc) is 3.10. The van der Waals surface area contributed by atoms with E-state index in [4.69, 9.17) is 16.2 Å². The van der Waals surface area contributed by atoms with E-state index in [0.717, 1.165) is 36.8 Å². The third-order valence-electron chi connectivity index (χ3n) is 9.02. The largest absolute Gasteiger partial charge is 0.461 e. The average molecular weight is 761 g/mol. The molecular weight excluding hydrogens is 692 g/mol. The first kappa shape index (κ1) is 49.5. The summed E-state index contributed by atoms with van der Waals surface area (Å²) in [6.45, 7) is 16.2. The molecule has 4 atom stereocenters. The molecule has 0 heterocycles. The van der Waals surface area contributed by atoms with E-state index in [-0.39, 0.29) is 66.0 Å². The molecule has 306 valence electrons. The van der Waals surface area contributed by atoms with Gasteiger partial charge in [0.05, 0.1) is 12.1 Å².